The lowest BCUT2D eigenvalue weighted by Gasteiger charge is -2.25. The Kier molecular flexibility index (Phi) is 4.22. The Hall–Kier alpha value is -2.13. The third-order valence-electron chi connectivity index (χ3n) is 4.30. The van der Waals surface area contributed by atoms with Gasteiger partial charge in [-0.25, -0.2) is 0 Å². The first kappa shape index (κ1) is 15.8. The van der Waals surface area contributed by atoms with Gasteiger partial charge in [0.1, 0.15) is 0 Å². The van der Waals surface area contributed by atoms with E-state index in [1.54, 1.807) is 0 Å². The summed E-state index contributed by atoms with van der Waals surface area (Å²) in [4.78, 5) is 12.5. The molecule has 2 aromatic carbocycles. The smallest absolute Gasteiger partial charge is 0.251 e. The van der Waals surface area contributed by atoms with Gasteiger partial charge in [-0.2, -0.15) is 0 Å². The van der Waals surface area contributed by atoms with Gasteiger partial charge in [-0.1, -0.05) is 73.4 Å². The summed E-state index contributed by atoms with van der Waals surface area (Å²) in [7, 11) is -1.56. The molecule has 1 amide bonds. The number of hydrogen-bond acceptors (Lipinski definition) is 1. The molecule has 3 rings (SSSR count). The van der Waals surface area contributed by atoms with E-state index in [1.165, 1.54) is 16.3 Å². The molecule has 1 aliphatic rings. The van der Waals surface area contributed by atoms with Crippen LogP contribution in [0.2, 0.25) is 19.6 Å². The highest BCUT2D eigenvalue weighted by Crippen LogP contribution is 2.32. The van der Waals surface area contributed by atoms with E-state index >= 15 is 0 Å². The van der Waals surface area contributed by atoms with Gasteiger partial charge in [-0.15, -0.1) is 0 Å². The molecule has 1 heterocycles. The first-order valence-corrected chi connectivity index (χ1v) is 11.6. The predicted molar refractivity (Wildman–Crippen MR) is 100 cm³/mol. The Bertz CT molecular complexity index is 771. The molecule has 0 aliphatic carbocycles. The average Bonchev–Trinajstić information content (AvgIpc) is 2.52. The van der Waals surface area contributed by atoms with Gasteiger partial charge in [0, 0.05) is 12.1 Å². The van der Waals surface area contributed by atoms with Crippen LogP contribution in [0.25, 0.3) is 11.3 Å². The topological polar surface area (TPSA) is 29.1 Å². The van der Waals surface area contributed by atoms with Crippen molar-refractivity contribution in [2.45, 2.75) is 26.1 Å². The van der Waals surface area contributed by atoms with Crippen LogP contribution in [0.5, 0.6) is 0 Å². The number of carbonyl (C=O) groups excluding carboxylic acids is 1. The van der Waals surface area contributed by atoms with E-state index < -0.39 is 8.07 Å². The van der Waals surface area contributed by atoms with Gasteiger partial charge in [0.2, 0.25) is 0 Å². The summed E-state index contributed by atoms with van der Waals surface area (Å²) in [6.45, 7) is 7.77. The molecule has 0 radical (unpaired) electrons. The number of nitrogens with one attached hydrogen (secondary N) is 1. The lowest BCUT2D eigenvalue weighted by Crippen LogP contribution is -2.29. The Balaban J connectivity index is 2.28. The zero-order valence-electron chi connectivity index (χ0n) is 14.0. The van der Waals surface area contributed by atoms with Crippen molar-refractivity contribution in [2.24, 2.45) is 0 Å². The Morgan fingerprint density at radius 3 is 2.30 bits per heavy atom. The maximum absolute atomic E-state index is 12.5. The van der Waals surface area contributed by atoms with Crippen LogP contribution in [0.3, 0.4) is 0 Å². The first-order chi connectivity index (χ1) is 11.0. The highest BCUT2D eigenvalue weighted by molar-refractivity contribution is 6.94. The largest absolute Gasteiger partial charge is 0.352 e. The highest BCUT2D eigenvalue weighted by Gasteiger charge is 2.24. The fourth-order valence-electron chi connectivity index (χ4n) is 3.09. The Morgan fingerprint density at radius 1 is 0.913 bits per heavy atom. The van der Waals surface area contributed by atoms with Crippen LogP contribution in [0.4, 0.5) is 0 Å². The molecule has 1 N–H and O–H groups in total. The maximum atomic E-state index is 12.5. The van der Waals surface area contributed by atoms with E-state index in [0.29, 0.717) is 6.54 Å². The molecule has 23 heavy (non-hydrogen) atoms. The maximum Gasteiger partial charge on any atom is 0.251 e. The lowest BCUT2D eigenvalue weighted by atomic mass is 9.99. The van der Waals surface area contributed by atoms with Crippen LogP contribution in [-0.4, -0.2) is 20.5 Å². The summed E-state index contributed by atoms with van der Waals surface area (Å²) < 4.78 is 0. The van der Waals surface area contributed by atoms with Crippen LogP contribution >= 0.6 is 0 Å². The standard InChI is InChI=1S/C20H23NOSi/c1-23(2,3)19-14-16-9-5-7-11-18(16)20(22)21-13-12-15-8-4-6-10-17(15)19/h4-11,14H,12-13H2,1-3H3,(H,21,22). The molecule has 1 aliphatic heterocycles. The normalized spacial score (nSPS) is 15.1. The van der Waals surface area contributed by atoms with E-state index in [0.717, 1.165) is 17.5 Å². The van der Waals surface area contributed by atoms with Gasteiger partial charge < -0.3 is 5.32 Å². The van der Waals surface area contributed by atoms with E-state index in [9.17, 15) is 4.79 Å². The van der Waals surface area contributed by atoms with Crippen molar-refractivity contribution >= 4 is 25.3 Å². The predicted octanol–water partition coefficient (Wildman–Crippen LogP) is 4.39. The molecule has 0 saturated heterocycles. The van der Waals surface area contributed by atoms with Crippen molar-refractivity contribution in [3.05, 3.63) is 70.8 Å². The fraction of sp³-hybridized carbons (Fsp3) is 0.250. The van der Waals surface area contributed by atoms with Gasteiger partial charge in [-0.05, 0) is 29.2 Å². The molecule has 0 atom stereocenters. The SMILES string of the molecule is C[Si](C)(C)C1=Cc2ccccc2C(=O)NCCc2ccccc21. The molecule has 0 bridgehead atoms. The Labute approximate surface area is 139 Å². The van der Waals surface area contributed by atoms with Crippen LogP contribution < -0.4 is 5.32 Å². The van der Waals surface area contributed by atoms with Crippen molar-refractivity contribution in [2.75, 3.05) is 6.54 Å². The summed E-state index contributed by atoms with van der Waals surface area (Å²) in [6.07, 6.45) is 3.11. The fourth-order valence-corrected chi connectivity index (χ4v) is 4.73. The molecular weight excluding hydrogens is 298 g/mol. The highest BCUT2D eigenvalue weighted by atomic mass is 28.3. The molecule has 0 spiro atoms. The lowest BCUT2D eigenvalue weighted by molar-refractivity contribution is 0.0954. The van der Waals surface area contributed by atoms with Crippen molar-refractivity contribution in [3.8, 4) is 0 Å². The Morgan fingerprint density at radius 2 is 1.57 bits per heavy atom. The van der Waals surface area contributed by atoms with E-state index in [2.05, 4.69) is 55.3 Å². The second-order valence-electron chi connectivity index (χ2n) is 7.06. The molecule has 2 aromatic rings. The van der Waals surface area contributed by atoms with Crippen LogP contribution in [0.15, 0.2) is 48.5 Å². The van der Waals surface area contributed by atoms with Gasteiger partial charge in [0.15, 0.2) is 0 Å². The first-order valence-electron chi connectivity index (χ1n) is 8.14. The summed E-state index contributed by atoms with van der Waals surface area (Å²) in [5, 5.41) is 4.46. The minimum Gasteiger partial charge on any atom is -0.352 e. The van der Waals surface area contributed by atoms with Crippen LogP contribution in [0, 0.1) is 0 Å². The molecule has 0 saturated carbocycles. The third kappa shape index (κ3) is 3.30. The zero-order chi connectivity index (χ0) is 16.4. The summed E-state index contributed by atoms with van der Waals surface area (Å²) in [5.74, 6) is 0.0196. The zero-order valence-corrected chi connectivity index (χ0v) is 15.0. The monoisotopic (exact) mass is 321 g/mol. The van der Waals surface area contributed by atoms with Gasteiger partial charge >= 0.3 is 0 Å². The second-order valence-corrected chi connectivity index (χ2v) is 12.1. The summed E-state index contributed by atoms with van der Waals surface area (Å²) >= 11 is 0. The van der Waals surface area contributed by atoms with E-state index in [1.807, 2.05) is 24.3 Å². The number of rotatable bonds is 1. The quantitative estimate of drug-likeness (QED) is 0.775. The summed E-state index contributed by atoms with van der Waals surface area (Å²) in [6, 6.07) is 16.5. The molecule has 0 fully saturated rings. The van der Waals surface area contributed by atoms with Crippen molar-refractivity contribution in [1.29, 1.82) is 0 Å². The summed E-state index contributed by atoms with van der Waals surface area (Å²) in [5.41, 5.74) is 4.44. The molecule has 0 aromatic heterocycles. The minimum absolute atomic E-state index is 0.0196. The number of fused-ring (bicyclic) bond motifs is 2. The minimum atomic E-state index is -1.56. The number of carbonyl (C=O) groups is 1. The van der Waals surface area contributed by atoms with Crippen molar-refractivity contribution in [3.63, 3.8) is 0 Å². The van der Waals surface area contributed by atoms with Crippen LogP contribution in [0.1, 0.15) is 27.0 Å². The molecule has 118 valence electrons. The molecular formula is C20H23NOSi. The van der Waals surface area contributed by atoms with Crippen molar-refractivity contribution in [1.82, 2.24) is 5.32 Å². The van der Waals surface area contributed by atoms with Gasteiger partial charge in [-0.3, -0.25) is 4.79 Å². The van der Waals surface area contributed by atoms with Gasteiger partial charge in [0.25, 0.3) is 5.91 Å². The number of benzene rings is 2. The molecule has 0 unspecified atom stereocenters. The average molecular weight is 321 g/mol. The van der Waals surface area contributed by atoms with Crippen LogP contribution in [-0.2, 0) is 6.42 Å². The number of amides is 1. The number of hydrogen-bond donors (Lipinski definition) is 1. The molecule has 3 heteroatoms. The molecule has 2 nitrogen and oxygen atoms in total. The third-order valence-corrected chi connectivity index (χ3v) is 6.33. The van der Waals surface area contributed by atoms with E-state index in [4.69, 9.17) is 0 Å². The van der Waals surface area contributed by atoms with Crippen molar-refractivity contribution < 1.29 is 4.79 Å². The van der Waals surface area contributed by atoms with E-state index in [-0.39, 0.29) is 5.91 Å². The van der Waals surface area contributed by atoms with Gasteiger partial charge in [0.05, 0.1) is 8.07 Å². The second kappa shape index (κ2) is 6.17.